The fourth-order valence-corrected chi connectivity index (χ4v) is 4.46. The van der Waals surface area contributed by atoms with Gasteiger partial charge in [0.1, 0.15) is 12.4 Å². The number of hydrogen-bond acceptors (Lipinski definition) is 3. The second-order valence-electron chi connectivity index (χ2n) is 6.69. The van der Waals surface area contributed by atoms with Gasteiger partial charge in [0, 0.05) is 10.6 Å². The Hall–Kier alpha value is -2.15. The highest BCUT2D eigenvalue weighted by atomic mass is 79.9. The van der Waals surface area contributed by atoms with E-state index >= 15 is 0 Å². The maximum atomic E-state index is 12.4. The maximum Gasteiger partial charge on any atom is 0.271 e. The number of carbonyl (C=O) groups is 1. The van der Waals surface area contributed by atoms with Crippen LogP contribution in [-0.4, -0.2) is 11.6 Å². The molecule has 0 heterocycles. The van der Waals surface area contributed by atoms with Crippen molar-refractivity contribution in [2.45, 2.75) is 20.5 Å². The fraction of sp³-hybridized carbons (Fsp3) is 0.130. The molecule has 0 spiro atoms. The largest absolute Gasteiger partial charge is 0.487 e. The minimum atomic E-state index is -0.278. The highest BCUT2D eigenvalue weighted by Crippen LogP contribution is 2.35. The number of hydrazone groups is 1. The lowest BCUT2D eigenvalue weighted by Crippen LogP contribution is -2.19. The minimum Gasteiger partial charge on any atom is -0.487 e. The highest BCUT2D eigenvalue weighted by Gasteiger charge is 2.09. The zero-order valence-corrected chi connectivity index (χ0v) is 20.3. The van der Waals surface area contributed by atoms with E-state index in [1.807, 2.05) is 50.2 Å². The number of nitrogens with zero attached hydrogens (tertiary/aromatic N) is 1. The predicted molar refractivity (Wildman–Crippen MR) is 128 cm³/mol. The van der Waals surface area contributed by atoms with Gasteiger partial charge in [0.2, 0.25) is 0 Å². The number of nitrogens with one attached hydrogen (secondary N) is 1. The van der Waals surface area contributed by atoms with Crippen molar-refractivity contribution in [3.8, 4) is 5.75 Å². The zero-order valence-electron chi connectivity index (χ0n) is 16.4. The predicted octanol–water partition coefficient (Wildman–Crippen LogP) is 6.91. The van der Waals surface area contributed by atoms with Crippen LogP contribution in [0.2, 0.25) is 5.02 Å². The third kappa shape index (κ3) is 5.94. The summed E-state index contributed by atoms with van der Waals surface area (Å²) < 4.78 is 7.70. The average Bonchev–Trinajstić information content (AvgIpc) is 2.72. The van der Waals surface area contributed by atoms with Gasteiger partial charge in [-0.3, -0.25) is 4.79 Å². The van der Waals surface area contributed by atoms with Crippen molar-refractivity contribution in [1.82, 2.24) is 5.43 Å². The molecule has 7 heteroatoms. The summed E-state index contributed by atoms with van der Waals surface area (Å²) in [7, 11) is 0. The molecule has 1 amide bonds. The summed E-state index contributed by atoms with van der Waals surface area (Å²) in [6.45, 7) is 4.23. The topological polar surface area (TPSA) is 50.7 Å². The Labute approximate surface area is 197 Å². The first-order valence-electron chi connectivity index (χ1n) is 9.11. The number of hydrogen-bond donors (Lipinski definition) is 1. The molecule has 0 bridgehead atoms. The van der Waals surface area contributed by atoms with Crippen LogP contribution in [0.15, 0.2) is 74.7 Å². The molecule has 0 aliphatic rings. The van der Waals surface area contributed by atoms with Gasteiger partial charge in [0.05, 0.1) is 14.7 Å². The summed E-state index contributed by atoms with van der Waals surface area (Å²) >= 11 is 12.9. The Morgan fingerprint density at radius 1 is 1.00 bits per heavy atom. The maximum absolute atomic E-state index is 12.4. The van der Waals surface area contributed by atoms with Crippen LogP contribution >= 0.6 is 43.5 Å². The monoisotopic (exact) mass is 548 g/mol. The van der Waals surface area contributed by atoms with Crippen molar-refractivity contribution >= 4 is 55.1 Å². The van der Waals surface area contributed by atoms with Gasteiger partial charge in [-0.1, -0.05) is 35.9 Å². The Kier molecular flexibility index (Phi) is 7.69. The first kappa shape index (κ1) is 22.5. The standard InChI is InChI=1S/C23H19Br2ClN2O2/c1-14-11-20(24)22(21(25)12-14)30-13-16-3-5-18(6-4-16)23(29)28-27-15(2)17-7-9-19(26)10-8-17/h3-12H,13H2,1-2H3,(H,28,29). The van der Waals surface area contributed by atoms with Crippen molar-refractivity contribution < 1.29 is 9.53 Å². The summed E-state index contributed by atoms with van der Waals surface area (Å²) in [4.78, 5) is 12.4. The number of carbonyl (C=O) groups excluding carboxylic acids is 1. The fourth-order valence-electron chi connectivity index (χ4n) is 2.69. The SMILES string of the molecule is CC(=NNC(=O)c1ccc(COc2c(Br)cc(C)cc2Br)cc1)c1ccc(Cl)cc1. The third-order valence-corrected chi connectivity index (χ3v) is 5.76. The Morgan fingerprint density at radius 2 is 1.57 bits per heavy atom. The van der Waals surface area contributed by atoms with Crippen LogP contribution in [0, 0.1) is 6.92 Å². The average molecular weight is 551 g/mol. The molecule has 3 rings (SSSR count). The quantitative estimate of drug-likeness (QED) is 0.268. The number of aryl methyl sites for hydroxylation is 1. The van der Waals surface area contributed by atoms with E-state index in [-0.39, 0.29) is 5.91 Å². The van der Waals surface area contributed by atoms with Crippen LogP contribution in [0.5, 0.6) is 5.75 Å². The van der Waals surface area contributed by atoms with Crippen molar-refractivity contribution in [3.05, 3.63) is 96.9 Å². The summed E-state index contributed by atoms with van der Waals surface area (Å²) in [5, 5.41) is 4.82. The van der Waals surface area contributed by atoms with E-state index in [0.29, 0.717) is 22.9 Å². The first-order valence-corrected chi connectivity index (χ1v) is 11.1. The van der Waals surface area contributed by atoms with Gasteiger partial charge in [-0.05, 0) is 98.8 Å². The molecule has 1 N–H and O–H groups in total. The van der Waals surface area contributed by atoms with Crippen LogP contribution in [0.1, 0.15) is 34.0 Å². The molecule has 0 atom stereocenters. The molecule has 0 radical (unpaired) electrons. The van der Waals surface area contributed by atoms with E-state index in [1.165, 1.54) is 0 Å². The molecule has 0 aliphatic heterocycles. The summed E-state index contributed by atoms with van der Waals surface area (Å²) in [5.74, 6) is 0.467. The second kappa shape index (κ2) is 10.2. The minimum absolute atomic E-state index is 0.278. The van der Waals surface area contributed by atoms with Crippen molar-refractivity contribution in [3.63, 3.8) is 0 Å². The van der Waals surface area contributed by atoms with Gasteiger partial charge < -0.3 is 4.74 Å². The summed E-state index contributed by atoms with van der Waals surface area (Å²) in [6, 6.07) is 18.5. The second-order valence-corrected chi connectivity index (χ2v) is 8.83. The lowest BCUT2D eigenvalue weighted by atomic mass is 10.1. The van der Waals surface area contributed by atoms with E-state index in [2.05, 4.69) is 42.4 Å². The summed E-state index contributed by atoms with van der Waals surface area (Å²) in [5.41, 5.74) is 6.76. The lowest BCUT2D eigenvalue weighted by molar-refractivity contribution is 0.0955. The first-order chi connectivity index (χ1) is 14.3. The van der Waals surface area contributed by atoms with Crippen LogP contribution < -0.4 is 10.2 Å². The van der Waals surface area contributed by atoms with Crippen LogP contribution in [0.4, 0.5) is 0 Å². The Balaban J connectivity index is 1.60. The van der Waals surface area contributed by atoms with Crippen LogP contribution in [-0.2, 0) is 6.61 Å². The highest BCUT2D eigenvalue weighted by molar-refractivity contribution is 9.11. The van der Waals surface area contributed by atoms with Crippen LogP contribution in [0.25, 0.3) is 0 Å². The molecule has 0 aromatic heterocycles. The number of rotatable bonds is 6. The molecular formula is C23H19Br2ClN2O2. The van der Waals surface area contributed by atoms with Gasteiger partial charge in [-0.2, -0.15) is 5.10 Å². The number of amides is 1. The molecule has 3 aromatic carbocycles. The third-order valence-electron chi connectivity index (χ3n) is 4.33. The molecule has 0 unspecified atom stereocenters. The zero-order chi connectivity index (χ0) is 21.7. The molecule has 4 nitrogen and oxygen atoms in total. The normalized spacial score (nSPS) is 11.3. The molecule has 154 valence electrons. The van der Waals surface area contributed by atoms with E-state index in [4.69, 9.17) is 16.3 Å². The molecule has 0 saturated heterocycles. The summed E-state index contributed by atoms with van der Waals surface area (Å²) in [6.07, 6.45) is 0. The molecular weight excluding hydrogens is 532 g/mol. The van der Waals surface area contributed by atoms with E-state index in [0.717, 1.165) is 31.4 Å². The van der Waals surface area contributed by atoms with E-state index < -0.39 is 0 Å². The van der Waals surface area contributed by atoms with Gasteiger partial charge in [-0.25, -0.2) is 5.43 Å². The molecule has 0 aliphatic carbocycles. The van der Waals surface area contributed by atoms with Gasteiger partial charge in [0.15, 0.2) is 0 Å². The lowest BCUT2D eigenvalue weighted by Gasteiger charge is -2.11. The van der Waals surface area contributed by atoms with E-state index in [1.54, 1.807) is 24.3 Å². The molecule has 3 aromatic rings. The van der Waals surface area contributed by atoms with Gasteiger partial charge in [-0.15, -0.1) is 0 Å². The molecule has 30 heavy (non-hydrogen) atoms. The van der Waals surface area contributed by atoms with Crippen molar-refractivity contribution in [2.75, 3.05) is 0 Å². The smallest absolute Gasteiger partial charge is 0.271 e. The molecule has 0 fully saturated rings. The Bertz CT molecular complexity index is 1060. The van der Waals surface area contributed by atoms with Crippen molar-refractivity contribution in [1.29, 1.82) is 0 Å². The Morgan fingerprint density at radius 3 is 2.17 bits per heavy atom. The van der Waals surface area contributed by atoms with Crippen molar-refractivity contribution in [2.24, 2.45) is 5.10 Å². The number of benzene rings is 3. The van der Waals surface area contributed by atoms with Crippen LogP contribution in [0.3, 0.4) is 0 Å². The van der Waals surface area contributed by atoms with Gasteiger partial charge in [0.25, 0.3) is 5.91 Å². The molecule has 0 saturated carbocycles. The van der Waals surface area contributed by atoms with Gasteiger partial charge >= 0.3 is 0 Å². The van der Waals surface area contributed by atoms with E-state index in [9.17, 15) is 4.79 Å². The number of halogens is 3. The number of ether oxygens (including phenoxy) is 1.